The number of aromatic nitrogens is 1. The molecule has 0 fully saturated rings. The number of methoxy groups -OCH3 is 3. The number of carbonyl (C=O) groups is 1. The molecular formula is C24H22N2O7S2. The van der Waals surface area contributed by atoms with Gasteiger partial charge in [0.1, 0.15) is 22.8 Å². The summed E-state index contributed by atoms with van der Waals surface area (Å²) in [6, 6.07) is 15.9. The lowest BCUT2D eigenvalue weighted by atomic mass is 10.1. The average molecular weight is 515 g/mol. The van der Waals surface area contributed by atoms with Crippen LogP contribution in [0.4, 0.5) is 5.69 Å². The molecule has 1 heterocycles. The van der Waals surface area contributed by atoms with Crippen LogP contribution < -0.4 is 18.9 Å². The summed E-state index contributed by atoms with van der Waals surface area (Å²) in [7, 11) is 0.688. The molecule has 0 radical (unpaired) electrons. The van der Waals surface area contributed by atoms with E-state index in [1.165, 1.54) is 39.5 Å². The maximum Gasteiger partial charge on any atom is 0.261 e. The van der Waals surface area contributed by atoms with Gasteiger partial charge < -0.3 is 18.6 Å². The number of nitrogens with one attached hydrogen (secondary N) is 1. The number of ether oxygens (including phenoxy) is 3. The van der Waals surface area contributed by atoms with E-state index in [4.69, 9.17) is 18.6 Å². The first kappa shape index (κ1) is 24.4. The van der Waals surface area contributed by atoms with E-state index < -0.39 is 10.0 Å². The van der Waals surface area contributed by atoms with Gasteiger partial charge in [0.15, 0.2) is 11.4 Å². The fraction of sp³-hybridized carbons (Fsp3) is 0.167. The van der Waals surface area contributed by atoms with E-state index in [1.54, 1.807) is 42.5 Å². The molecule has 0 aliphatic heterocycles. The summed E-state index contributed by atoms with van der Waals surface area (Å²) >= 11 is 1.10. The summed E-state index contributed by atoms with van der Waals surface area (Å²) < 4.78 is 49.4. The van der Waals surface area contributed by atoms with Crippen LogP contribution in [0.2, 0.25) is 0 Å². The molecule has 4 aromatic rings. The molecule has 1 aromatic heterocycles. The van der Waals surface area contributed by atoms with Gasteiger partial charge in [0, 0.05) is 5.69 Å². The van der Waals surface area contributed by atoms with Gasteiger partial charge in [-0.05, 0) is 60.7 Å². The van der Waals surface area contributed by atoms with Crippen LogP contribution >= 0.6 is 11.8 Å². The Balaban J connectivity index is 1.49. The van der Waals surface area contributed by atoms with Crippen LogP contribution in [0, 0.1) is 0 Å². The second-order valence-electron chi connectivity index (χ2n) is 7.22. The van der Waals surface area contributed by atoms with Gasteiger partial charge in [-0.1, -0.05) is 11.8 Å². The van der Waals surface area contributed by atoms with E-state index in [2.05, 4.69) is 9.71 Å². The number of ketones is 1. The van der Waals surface area contributed by atoms with E-state index in [0.717, 1.165) is 11.8 Å². The molecule has 0 unspecified atom stereocenters. The second-order valence-corrected chi connectivity index (χ2v) is 9.83. The molecule has 182 valence electrons. The topological polar surface area (TPSA) is 117 Å². The first-order valence-electron chi connectivity index (χ1n) is 10.3. The monoisotopic (exact) mass is 514 g/mol. The number of thioether (sulfide) groups is 1. The third-order valence-electron chi connectivity index (χ3n) is 5.03. The minimum absolute atomic E-state index is 0.0304. The Bertz CT molecular complexity index is 1470. The van der Waals surface area contributed by atoms with Crippen LogP contribution in [-0.2, 0) is 10.0 Å². The van der Waals surface area contributed by atoms with E-state index in [0.29, 0.717) is 39.6 Å². The van der Waals surface area contributed by atoms with Crippen LogP contribution in [0.3, 0.4) is 0 Å². The predicted molar refractivity (Wildman–Crippen MR) is 132 cm³/mol. The number of fused-ring (bicyclic) bond motifs is 1. The highest BCUT2D eigenvalue weighted by molar-refractivity contribution is 7.99. The van der Waals surface area contributed by atoms with Crippen LogP contribution in [-0.4, -0.2) is 46.3 Å². The molecule has 0 atom stereocenters. The van der Waals surface area contributed by atoms with Gasteiger partial charge >= 0.3 is 0 Å². The number of nitrogens with zero attached hydrogens (tertiary/aromatic N) is 1. The van der Waals surface area contributed by atoms with E-state index in [1.807, 2.05) is 0 Å². The fourth-order valence-electron chi connectivity index (χ4n) is 3.23. The largest absolute Gasteiger partial charge is 0.497 e. The number of sulfonamides is 1. The summed E-state index contributed by atoms with van der Waals surface area (Å²) in [6.07, 6.45) is 0. The fourth-order valence-corrected chi connectivity index (χ4v) is 5.03. The lowest BCUT2D eigenvalue weighted by Crippen LogP contribution is -2.12. The Labute approximate surface area is 206 Å². The molecule has 0 saturated carbocycles. The summed E-state index contributed by atoms with van der Waals surface area (Å²) in [5, 5.41) is 0.243. The first-order chi connectivity index (χ1) is 16.8. The lowest BCUT2D eigenvalue weighted by Gasteiger charge is -2.08. The van der Waals surface area contributed by atoms with Crippen LogP contribution in [0.5, 0.6) is 17.2 Å². The molecule has 1 N–H and O–H groups in total. The van der Waals surface area contributed by atoms with Crippen molar-refractivity contribution in [2.75, 3.05) is 31.8 Å². The summed E-state index contributed by atoms with van der Waals surface area (Å²) in [6.45, 7) is 0. The normalized spacial score (nSPS) is 11.3. The van der Waals surface area contributed by atoms with Crippen LogP contribution in [0.25, 0.3) is 11.1 Å². The Kier molecular flexibility index (Phi) is 7.17. The third kappa shape index (κ3) is 5.52. The van der Waals surface area contributed by atoms with Gasteiger partial charge in [0.25, 0.3) is 15.2 Å². The van der Waals surface area contributed by atoms with Crippen LogP contribution in [0.15, 0.2) is 75.2 Å². The van der Waals surface area contributed by atoms with Crippen molar-refractivity contribution in [3.63, 3.8) is 0 Å². The van der Waals surface area contributed by atoms with Crippen molar-refractivity contribution in [2.45, 2.75) is 10.1 Å². The first-order valence-corrected chi connectivity index (χ1v) is 12.8. The highest BCUT2D eigenvalue weighted by Gasteiger charge is 2.19. The molecule has 9 nitrogen and oxygen atoms in total. The number of carbonyl (C=O) groups excluding carboxylic acids is 1. The molecule has 11 heteroatoms. The van der Waals surface area contributed by atoms with Crippen molar-refractivity contribution in [1.82, 2.24) is 4.98 Å². The molecule has 0 bridgehead atoms. The van der Waals surface area contributed by atoms with Gasteiger partial charge in [-0.3, -0.25) is 9.52 Å². The van der Waals surface area contributed by atoms with Gasteiger partial charge in [0.2, 0.25) is 0 Å². The molecular weight excluding hydrogens is 492 g/mol. The minimum atomic E-state index is -3.85. The SMILES string of the molecule is COc1ccc(NS(=O)(=O)c2ccc3oc(SCC(=O)c4cc(OC)ccc4OC)nc3c2)cc1. The van der Waals surface area contributed by atoms with E-state index in [9.17, 15) is 13.2 Å². The number of hydrogen-bond acceptors (Lipinski definition) is 9. The Morgan fingerprint density at radius 1 is 0.943 bits per heavy atom. The number of Topliss-reactive ketones (excluding diaryl/α,β-unsaturated/α-hetero) is 1. The number of benzene rings is 3. The minimum Gasteiger partial charge on any atom is -0.497 e. The van der Waals surface area contributed by atoms with Crippen molar-refractivity contribution >= 4 is 44.4 Å². The Morgan fingerprint density at radius 2 is 1.66 bits per heavy atom. The summed E-state index contributed by atoms with van der Waals surface area (Å²) in [5.74, 6) is 1.44. The zero-order chi connectivity index (χ0) is 25.0. The molecule has 4 rings (SSSR count). The molecule has 0 saturated heterocycles. The van der Waals surface area contributed by atoms with E-state index >= 15 is 0 Å². The number of rotatable bonds is 10. The summed E-state index contributed by atoms with van der Waals surface area (Å²) in [4.78, 5) is 17.1. The molecule has 3 aromatic carbocycles. The summed E-state index contributed by atoms with van der Waals surface area (Å²) in [5.41, 5.74) is 1.54. The number of hydrogen-bond donors (Lipinski definition) is 1. The molecule has 35 heavy (non-hydrogen) atoms. The van der Waals surface area contributed by atoms with Gasteiger partial charge in [-0.2, -0.15) is 0 Å². The van der Waals surface area contributed by atoms with Crippen molar-refractivity contribution in [3.05, 3.63) is 66.2 Å². The maximum absolute atomic E-state index is 12.8. The van der Waals surface area contributed by atoms with E-state index in [-0.39, 0.29) is 21.7 Å². The maximum atomic E-state index is 12.8. The van der Waals surface area contributed by atoms with Crippen LogP contribution in [0.1, 0.15) is 10.4 Å². The number of oxazole rings is 1. The zero-order valence-electron chi connectivity index (χ0n) is 19.1. The van der Waals surface area contributed by atoms with Gasteiger partial charge in [-0.25, -0.2) is 13.4 Å². The average Bonchev–Trinajstić information content (AvgIpc) is 3.29. The van der Waals surface area contributed by atoms with Crippen molar-refractivity contribution in [1.29, 1.82) is 0 Å². The molecule has 0 amide bonds. The van der Waals surface area contributed by atoms with Crippen molar-refractivity contribution in [2.24, 2.45) is 0 Å². The predicted octanol–water partition coefficient (Wildman–Crippen LogP) is 4.63. The zero-order valence-corrected chi connectivity index (χ0v) is 20.7. The number of anilines is 1. The molecule has 0 aliphatic carbocycles. The molecule has 0 aliphatic rings. The third-order valence-corrected chi connectivity index (χ3v) is 7.23. The highest BCUT2D eigenvalue weighted by atomic mass is 32.2. The molecule has 0 spiro atoms. The van der Waals surface area contributed by atoms with Gasteiger partial charge in [0.05, 0.1) is 37.5 Å². The van der Waals surface area contributed by atoms with Crippen molar-refractivity contribution in [3.8, 4) is 17.2 Å². The standard InChI is InChI=1S/C24H22N2O7S2/c1-30-16-6-4-15(5-7-16)26-35(28,29)18-9-11-23-20(13-18)25-24(33-23)34-14-21(27)19-12-17(31-2)8-10-22(19)32-3/h4-13,26H,14H2,1-3H3. The smallest absolute Gasteiger partial charge is 0.261 e. The van der Waals surface area contributed by atoms with Gasteiger partial charge in [-0.15, -0.1) is 0 Å². The highest BCUT2D eigenvalue weighted by Crippen LogP contribution is 2.29. The quantitative estimate of drug-likeness (QED) is 0.239. The Morgan fingerprint density at radius 3 is 2.34 bits per heavy atom. The second kappa shape index (κ2) is 10.3. The Hall–Kier alpha value is -3.70. The van der Waals surface area contributed by atoms with Crippen molar-refractivity contribution < 1.29 is 31.8 Å². The lowest BCUT2D eigenvalue weighted by molar-refractivity contribution is 0.101.